The van der Waals surface area contributed by atoms with Crippen LogP contribution in [0.1, 0.15) is 43.9 Å². The van der Waals surface area contributed by atoms with Crippen LogP contribution in [0.3, 0.4) is 0 Å². The van der Waals surface area contributed by atoms with Gasteiger partial charge in [-0.05, 0) is 49.4 Å². The average molecular weight is 500 g/mol. The van der Waals surface area contributed by atoms with Gasteiger partial charge in [-0.1, -0.05) is 61.3 Å². The molecule has 2 atom stereocenters. The van der Waals surface area contributed by atoms with Gasteiger partial charge in [-0.25, -0.2) is 14.5 Å². The third-order valence-corrected chi connectivity index (χ3v) is 6.07. The van der Waals surface area contributed by atoms with E-state index in [2.05, 4.69) is 29.7 Å². The number of urea groups is 2. The van der Waals surface area contributed by atoms with Crippen LogP contribution in [0.5, 0.6) is 0 Å². The summed E-state index contributed by atoms with van der Waals surface area (Å²) in [6.45, 7) is 7.90. The van der Waals surface area contributed by atoms with Crippen LogP contribution < -0.4 is 10.6 Å². The molecule has 35 heavy (non-hydrogen) atoms. The van der Waals surface area contributed by atoms with Crippen LogP contribution in [0.4, 0.5) is 15.3 Å². The van der Waals surface area contributed by atoms with Crippen molar-refractivity contribution >= 4 is 35.3 Å². The van der Waals surface area contributed by atoms with Gasteiger partial charge in [-0.2, -0.15) is 0 Å². The Bertz CT molecular complexity index is 1110. The lowest BCUT2D eigenvalue weighted by molar-refractivity contribution is -0.118. The van der Waals surface area contributed by atoms with Gasteiger partial charge in [0.05, 0.1) is 13.0 Å². The maximum Gasteiger partial charge on any atom is 0.331 e. The third kappa shape index (κ3) is 6.57. The number of carbonyl (C=O) groups excluding carboxylic acids is 3. The molecule has 1 aliphatic heterocycles. The first-order valence-corrected chi connectivity index (χ1v) is 11.8. The smallest absolute Gasteiger partial charge is 0.331 e. The van der Waals surface area contributed by atoms with Gasteiger partial charge in [-0.15, -0.1) is 4.91 Å². The molecular formula is C25H30ClN5O4. The molecule has 9 nitrogen and oxygen atoms in total. The SMILES string of the molecule is Cc1ccc(CN2C(=O)N([C@@H](C)CC(=O)N=O)C(=O)NC2Nc2ccc(CC(C)C)c(Cl)c2)cc1. The first-order chi connectivity index (χ1) is 16.6. The molecule has 1 unspecified atom stereocenters. The number of amides is 5. The Morgan fingerprint density at radius 1 is 1.14 bits per heavy atom. The molecule has 0 aromatic heterocycles. The van der Waals surface area contributed by atoms with Crippen LogP contribution in [0.25, 0.3) is 0 Å². The van der Waals surface area contributed by atoms with Crippen molar-refractivity contribution in [3.63, 3.8) is 0 Å². The van der Waals surface area contributed by atoms with Crippen molar-refractivity contribution in [2.45, 2.75) is 59.4 Å². The van der Waals surface area contributed by atoms with Crippen molar-refractivity contribution in [2.24, 2.45) is 11.1 Å². The zero-order valence-corrected chi connectivity index (χ0v) is 21.0. The Balaban J connectivity index is 1.88. The highest BCUT2D eigenvalue weighted by atomic mass is 35.5. The Morgan fingerprint density at radius 3 is 2.43 bits per heavy atom. The molecule has 186 valence electrons. The highest BCUT2D eigenvalue weighted by Crippen LogP contribution is 2.26. The summed E-state index contributed by atoms with van der Waals surface area (Å²) in [5, 5.41) is 8.94. The fourth-order valence-corrected chi connectivity index (χ4v) is 4.19. The second-order valence-electron chi connectivity index (χ2n) is 9.20. The van der Waals surface area contributed by atoms with Gasteiger partial charge in [0.1, 0.15) is 0 Å². The van der Waals surface area contributed by atoms with E-state index in [1.165, 1.54) is 11.8 Å². The number of halogens is 1. The molecule has 2 N–H and O–H groups in total. The van der Waals surface area contributed by atoms with Crippen molar-refractivity contribution in [1.29, 1.82) is 0 Å². The summed E-state index contributed by atoms with van der Waals surface area (Å²) in [5.74, 6) is -0.486. The number of nitroso groups, excluding NO2 is 1. The summed E-state index contributed by atoms with van der Waals surface area (Å²) in [6, 6.07) is 11.1. The van der Waals surface area contributed by atoms with Gasteiger partial charge in [0.15, 0.2) is 6.29 Å². The predicted molar refractivity (Wildman–Crippen MR) is 135 cm³/mol. The average Bonchev–Trinajstić information content (AvgIpc) is 2.79. The van der Waals surface area contributed by atoms with E-state index in [-0.39, 0.29) is 13.0 Å². The van der Waals surface area contributed by atoms with E-state index in [1.54, 1.807) is 6.07 Å². The number of imide groups is 1. The van der Waals surface area contributed by atoms with E-state index < -0.39 is 30.3 Å². The van der Waals surface area contributed by atoms with Gasteiger partial charge in [0, 0.05) is 21.9 Å². The fourth-order valence-electron chi connectivity index (χ4n) is 3.93. The van der Waals surface area contributed by atoms with Crippen molar-refractivity contribution in [3.8, 4) is 0 Å². The number of hydrogen-bond acceptors (Lipinski definition) is 5. The minimum Gasteiger partial charge on any atom is -0.348 e. The molecule has 0 spiro atoms. The molecule has 2 aromatic rings. The maximum atomic E-state index is 13.5. The van der Waals surface area contributed by atoms with Crippen LogP contribution in [0.15, 0.2) is 47.6 Å². The molecular weight excluding hydrogens is 470 g/mol. The highest BCUT2D eigenvalue weighted by molar-refractivity contribution is 6.31. The summed E-state index contributed by atoms with van der Waals surface area (Å²) < 4.78 is 0. The highest BCUT2D eigenvalue weighted by Gasteiger charge is 2.41. The Hall–Kier alpha value is -3.46. The summed E-state index contributed by atoms with van der Waals surface area (Å²) >= 11 is 6.47. The zero-order chi connectivity index (χ0) is 25.7. The molecule has 3 rings (SSSR count). The van der Waals surface area contributed by atoms with Gasteiger partial charge < -0.3 is 5.32 Å². The largest absolute Gasteiger partial charge is 0.348 e. The number of aryl methyl sites for hydroxylation is 1. The molecule has 2 aromatic carbocycles. The van der Waals surface area contributed by atoms with Crippen molar-refractivity contribution < 1.29 is 14.4 Å². The number of rotatable bonds is 9. The van der Waals surface area contributed by atoms with Crippen LogP contribution in [0, 0.1) is 17.7 Å². The minimum atomic E-state index is -0.931. The number of nitrogens with zero attached hydrogens (tertiary/aromatic N) is 3. The molecule has 0 saturated carbocycles. The second kappa shape index (κ2) is 11.3. The zero-order valence-electron chi connectivity index (χ0n) is 20.2. The molecule has 1 aliphatic rings. The second-order valence-corrected chi connectivity index (χ2v) is 9.61. The number of hydrogen-bond donors (Lipinski definition) is 2. The number of benzene rings is 2. The molecule has 5 amide bonds. The minimum absolute atomic E-state index is 0.194. The number of nitrogens with one attached hydrogen (secondary N) is 2. The molecule has 1 fully saturated rings. The van der Waals surface area contributed by atoms with E-state index in [4.69, 9.17) is 11.6 Å². The van der Waals surface area contributed by atoms with E-state index >= 15 is 0 Å². The van der Waals surface area contributed by atoms with Crippen molar-refractivity contribution in [1.82, 2.24) is 15.1 Å². The van der Waals surface area contributed by atoms with Gasteiger partial charge >= 0.3 is 12.1 Å². The molecule has 1 saturated heterocycles. The van der Waals surface area contributed by atoms with Gasteiger partial charge in [0.2, 0.25) is 0 Å². The maximum absolute atomic E-state index is 13.5. The monoisotopic (exact) mass is 499 g/mol. The first kappa shape index (κ1) is 26.2. The summed E-state index contributed by atoms with van der Waals surface area (Å²) in [6.07, 6.45) is -0.392. The standard InChI is InChI=1S/C25H30ClN5O4/c1-15(2)11-19-9-10-20(13-21(19)26)27-23-28-24(33)31(17(4)12-22(32)29-35)25(34)30(23)14-18-7-5-16(3)6-8-18/h5-10,13,15,17,23,27H,11-12,14H2,1-4H3,(H,28,33)/t17-,23?/m0/s1. The van der Waals surface area contributed by atoms with E-state index in [0.717, 1.165) is 28.0 Å². The van der Waals surface area contributed by atoms with Crippen LogP contribution in [0.2, 0.25) is 5.02 Å². The van der Waals surface area contributed by atoms with Crippen molar-refractivity contribution in [3.05, 3.63) is 69.1 Å². The lowest BCUT2D eigenvalue weighted by atomic mass is 10.0. The van der Waals surface area contributed by atoms with Gasteiger partial charge in [0.25, 0.3) is 5.91 Å². The van der Waals surface area contributed by atoms with E-state index in [1.807, 2.05) is 43.3 Å². The Morgan fingerprint density at radius 2 is 1.83 bits per heavy atom. The topological polar surface area (TPSA) is 111 Å². The van der Waals surface area contributed by atoms with Gasteiger partial charge in [-0.3, -0.25) is 15.0 Å². The Labute approximate surface area is 209 Å². The molecule has 0 radical (unpaired) electrons. The van der Waals surface area contributed by atoms with Crippen LogP contribution in [-0.2, 0) is 17.8 Å². The molecule has 0 bridgehead atoms. The first-order valence-electron chi connectivity index (χ1n) is 11.5. The Kier molecular flexibility index (Phi) is 8.45. The van der Waals surface area contributed by atoms with E-state index in [0.29, 0.717) is 16.6 Å². The van der Waals surface area contributed by atoms with Crippen LogP contribution >= 0.6 is 11.6 Å². The van der Waals surface area contributed by atoms with Crippen LogP contribution in [-0.4, -0.2) is 40.1 Å². The summed E-state index contributed by atoms with van der Waals surface area (Å²) in [5.41, 5.74) is 3.58. The predicted octanol–water partition coefficient (Wildman–Crippen LogP) is 5.26. The lowest BCUT2D eigenvalue weighted by Gasteiger charge is -2.43. The normalized spacial score (nSPS) is 16.8. The van der Waals surface area contributed by atoms with Crippen molar-refractivity contribution in [2.75, 3.05) is 5.32 Å². The molecule has 0 aliphatic carbocycles. The third-order valence-electron chi connectivity index (χ3n) is 5.71. The fraction of sp³-hybridized carbons (Fsp3) is 0.400. The molecule has 10 heteroatoms. The number of anilines is 1. The number of carbonyl (C=O) groups is 3. The summed E-state index contributed by atoms with van der Waals surface area (Å²) in [7, 11) is 0. The molecule has 1 heterocycles. The summed E-state index contributed by atoms with van der Waals surface area (Å²) in [4.78, 5) is 50.8. The quantitative estimate of drug-likeness (QED) is 0.457. The van der Waals surface area contributed by atoms with E-state index in [9.17, 15) is 19.3 Å². The lowest BCUT2D eigenvalue weighted by Crippen LogP contribution is -2.68.